The van der Waals surface area contributed by atoms with Gasteiger partial charge in [-0.25, -0.2) is 4.79 Å². The van der Waals surface area contributed by atoms with Crippen molar-refractivity contribution in [3.8, 4) is 0 Å². The second kappa shape index (κ2) is 5.30. The van der Waals surface area contributed by atoms with Gasteiger partial charge < -0.3 is 15.5 Å². The molecule has 0 unspecified atom stereocenters. The molecule has 5 nitrogen and oxygen atoms in total. The van der Waals surface area contributed by atoms with Gasteiger partial charge in [0, 0.05) is 18.4 Å². The van der Waals surface area contributed by atoms with Crippen LogP contribution < -0.4 is 5.32 Å². The van der Waals surface area contributed by atoms with Crippen LogP contribution in [0.2, 0.25) is 0 Å². The Morgan fingerprint density at radius 1 is 1.38 bits per heavy atom. The number of rotatable bonds is 5. The topological polar surface area (TPSA) is 86.6 Å². The van der Waals surface area contributed by atoms with Crippen LogP contribution in [0.4, 0.5) is 0 Å². The number of hydrogen-bond donors (Lipinski definition) is 3. The highest BCUT2D eigenvalue weighted by Gasteiger charge is 2.37. The van der Waals surface area contributed by atoms with Gasteiger partial charge in [0.05, 0.1) is 0 Å². The molecule has 5 heteroatoms. The van der Waals surface area contributed by atoms with Gasteiger partial charge in [-0.15, -0.1) is 0 Å². The van der Waals surface area contributed by atoms with Crippen molar-refractivity contribution in [2.75, 3.05) is 6.61 Å². The van der Waals surface area contributed by atoms with Crippen molar-refractivity contribution in [2.24, 2.45) is 5.41 Å². The van der Waals surface area contributed by atoms with Crippen molar-refractivity contribution >= 4 is 11.9 Å². The van der Waals surface area contributed by atoms with E-state index in [0.717, 1.165) is 25.7 Å². The van der Waals surface area contributed by atoms with E-state index in [4.69, 9.17) is 10.2 Å². The number of nitrogens with one attached hydrogen (secondary N) is 1. The third-order valence-electron chi connectivity index (χ3n) is 3.28. The van der Waals surface area contributed by atoms with Crippen molar-refractivity contribution in [1.82, 2.24) is 5.32 Å². The zero-order valence-electron chi connectivity index (χ0n) is 9.53. The molecule has 0 spiro atoms. The summed E-state index contributed by atoms with van der Waals surface area (Å²) in [5, 5.41) is 20.1. The predicted octanol–water partition coefficient (Wildman–Crippen LogP) is 0.518. The number of amides is 1. The first-order chi connectivity index (χ1) is 7.49. The Morgan fingerprint density at radius 2 is 1.94 bits per heavy atom. The van der Waals surface area contributed by atoms with Gasteiger partial charge in [0.15, 0.2) is 0 Å². The molecule has 1 atom stereocenters. The molecule has 1 saturated carbocycles. The number of carboxylic acids is 1. The third-order valence-corrected chi connectivity index (χ3v) is 3.28. The molecule has 0 radical (unpaired) electrons. The van der Waals surface area contributed by atoms with E-state index in [1.807, 2.05) is 6.92 Å². The molecule has 1 amide bonds. The molecule has 0 heterocycles. The first-order valence-corrected chi connectivity index (χ1v) is 5.64. The molecule has 0 aliphatic heterocycles. The van der Waals surface area contributed by atoms with Crippen LogP contribution in [0.25, 0.3) is 0 Å². The summed E-state index contributed by atoms with van der Waals surface area (Å²) in [7, 11) is 0. The molecule has 16 heavy (non-hydrogen) atoms. The minimum Gasteiger partial charge on any atom is -0.480 e. The van der Waals surface area contributed by atoms with Gasteiger partial charge >= 0.3 is 5.97 Å². The summed E-state index contributed by atoms with van der Waals surface area (Å²) in [6, 6.07) is -0.977. The third kappa shape index (κ3) is 2.95. The standard InChI is InChI=1S/C11H19NO4/c1-11(5-2-3-6-11)10(16)12-8(4-7-13)9(14)15/h8,13H,2-7H2,1H3,(H,12,16)(H,14,15)/t8-/m1/s1. The molecule has 0 saturated heterocycles. The molecule has 0 bridgehead atoms. The lowest BCUT2D eigenvalue weighted by atomic mass is 9.87. The number of aliphatic hydroxyl groups is 1. The number of carboxylic acid groups (broad SMARTS) is 1. The van der Waals surface area contributed by atoms with E-state index in [-0.39, 0.29) is 18.9 Å². The normalized spacial score (nSPS) is 20.4. The molecule has 0 aromatic rings. The molecule has 1 aliphatic carbocycles. The molecule has 1 aliphatic rings. The van der Waals surface area contributed by atoms with Crippen LogP contribution in [0.15, 0.2) is 0 Å². The van der Waals surface area contributed by atoms with E-state index in [0.29, 0.717) is 0 Å². The summed E-state index contributed by atoms with van der Waals surface area (Å²) < 4.78 is 0. The SMILES string of the molecule is CC1(C(=O)N[C@H](CCO)C(=O)O)CCCC1. The highest BCUT2D eigenvalue weighted by molar-refractivity contribution is 5.87. The maximum atomic E-state index is 11.9. The van der Waals surface area contributed by atoms with E-state index in [1.165, 1.54) is 0 Å². The van der Waals surface area contributed by atoms with Gasteiger partial charge in [0.1, 0.15) is 6.04 Å². The highest BCUT2D eigenvalue weighted by atomic mass is 16.4. The van der Waals surface area contributed by atoms with Crippen LogP contribution in [-0.4, -0.2) is 34.7 Å². The Morgan fingerprint density at radius 3 is 2.38 bits per heavy atom. The molecular formula is C11H19NO4. The van der Waals surface area contributed by atoms with E-state index < -0.39 is 17.4 Å². The Balaban J connectivity index is 2.57. The molecule has 1 rings (SSSR count). The van der Waals surface area contributed by atoms with Gasteiger partial charge in [-0.1, -0.05) is 19.8 Å². The van der Waals surface area contributed by atoms with E-state index >= 15 is 0 Å². The second-order valence-electron chi connectivity index (χ2n) is 4.64. The zero-order chi connectivity index (χ0) is 12.2. The number of hydrogen-bond acceptors (Lipinski definition) is 3. The van der Waals surface area contributed by atoms with Crippen LogP contribution in [0.5, 0.6) is 0 Å². The van der Waals surface area contributed by atoms with Crippen molar-refractivity contribution in [3.63, 3.8) is 0 Å². The van der Waals surface area contributed by atoms with Crippen LogP contribution in [0, 0.1) is 5.41 Å². The maximum absolute atomic E-state index is 11.9. The number of aliphatic hydroxyl groups excluding tert-OH is 1. The first kappa shape index (κ1) is 13.0. The zero-order valence-corrected chi connectivity index (χ0v) is 9.53. The molecule has 3 N–H and O–H groups in total. The van der Waals surface area contributed by atoms with Crippen LogP contribution in [-0.2, 0) is 9.59 Å². The summed E-state index contributed by atoms with van der Waals surface area (Å²) >= 11 is 0. The molecule has 1 fully saturated rings. The van der Waals surface area contributed by atoms with Gasteiger partial charge in [0.2, 0.25) is 5.91 Å². The van der Waals surface area contributed by atoms with Crippen LogP contribution in [0.3, 0.4) is 0 Å². The predicted molar refractivity (Wildman–Crippen MR) is 57.8 cm³/mol. The minimum absolute atomic E-state index is 0.0527. The highest BCUT2D eigenvalue weighted by Crippen LogP contribution is 2.37. The molecule has 0 aromatic carbocycles. The minimum atomic E-state index is -1.09. The Bertz CT molecular complexity index is 271. The van der Waals surface area contributed by atoms with E-state index in [1.54, 1.807) is 0 Å². The average molecular weight is 229 g/mol. The molecule has 0 aromatic heterocycles. The Kier molecular flexibility index (Phi) is 4.29. The Labute approximate surface area is 94.8 Å². The van der Waals surface area contributed by atoms with Gasteiger partial charge in [-0.05, 0) is 12.8 Å². The Hall–Kier alpha value is -1.10. The van der Waals surface area contributed by atoms with Crippen molar-refractivity contribution in [1.29, 1.82) is 0 Å². The quantitative estimate of drug-likeness (QED) is 0.641. The molecule has 92 valence electrons. The lowest BCUT2D eigenvalue weighted by molar-refractivity contribution is -0.144. The fraction of sp³-hybridized carbons (Fsp3) is 0.818. The maximum Gasteiger partial charge on any atom is 0.326 e. The first-order valence-electron chi connectivity index (χ1n) is 5.64. The second-order valence-corrected chi connectivity index (χ2v) is 4.64. The van der Waals surface area contributed by atoms with Crippen molar-refractivity contribution in [3.05, 3.63) is 0 Å². The summed E-state index contributed by atoms with van der Waals surface area (Å²) in [6.07, 6.45) is 3.70. The van der Waals surface area contributed by atoms with Crippen LogP contribution in [0.1, 0.15) is 39.0 Å². The van der Waals surface area contributed by atoms with E-state index in [2.05, 4.69) is 5.32 Å². The van der Waals surface area contributed by atoms with Crippen molar-refractivity contribution < 1.29 is 19.8 Å². The summed E-state index contributed by atoms with van der Waals surface area (Å²) in [5.41, 5.74) is -0.427. The number of carbonyl (C=O) groups excluding carboxylic acids is 1. The lowest BCUT2D eigenvalue weighted by Crippen LogP contribution is -2.47. The summed E-state index contributed by atoms with van der Waals surface area (Å²) in [6.45, 7) is 1.63. The van der Waals surface area contributed by atoms with Crippen molar-refractivity contribution in [2.45, 2.75) is 45.1 Å². The van der Waals surface area contributed by atoms with Gasteiger partial charge in [0.25, 0.3) is 0 Å². The van der Waals surface area contributed by atoms with Crippen LogP contribution >= 0.6 is 0 Å². The number of carbonyl (C=O) groups is 2. The van der Waals surface area contributed by atoms with Gasteiger partial charge in [-0.3, -0.25) is 4.79 Å². The fourth-order valence-electron chi connectivity index (χ4n) is 2.10. The lowest BCUT2D eigenvalue weighted by Gasteiger charge is -2.24. The average Bonchev–Trinajstić information content (AvgIpc) is 2.65. The number of aliphatic carboxylic acids is 1. The largest absolute Gasteiger partial charge is 0.480 e. The summed E-state index contributed by atoms with van der Waals surface area (Å²) in [5.74, 6) is -1.30. The van der Waals surface area contributed by atoms with Gasteiger partial charge in [-0.2, -0.15) is 0 Å². The fourth-order valence-corrected chi connectivity index (χ4v) is 2.10. The monoisotopic (exact) mass is 229 g/mol. The van der Waals surface area contributed by atoms with E-state index in [9.17, 15) is 9.59 Å². The smallest absolute Gasteiger partial charge is 0.326 e. The summed E-state index contributed by atoms with van der Waals surface area (Å²) in [4.78, 5) is 22.7. The molecular weight excluding hydrogens is 210 g/mol.